The van der Waals surface area contributed by atoms with Gasteiger partial charge in [0.15, 0.2) is 32.8 Å². The molecule has 0 spiro atoms. The molecule has 1 aromatic rings. The zero-order valence-corrected chi connectivity index (χ0v) is 7.85. The summed E-state index contributed by atoms with van der Waals surface area (Å²) >= 11 is -1.61. The Balaban J connectivity index is 3.36. The van der Waals surface area contributed by atoms with Gasteiger partial charge in [-0.05, 0) is 18.6 Å². The Labute approximate surface area is 73.1 Å². The lowest BCUT2D eigenvalue weighted by atomic mass is 10.2. The maximum Gasteiger partial charge on any atom is 0.185 e. The molecule has 0 saturated heterocycles. The number of hydrogen-bond donors (Lipinski definition) is 0. The summed E-state index contributed by atoms with van der Waals surface area (Å²) in [6.07, 6.45) is 0. The minimum absolute atomic E-state index is 0.00750. The average Bonchev–Trinajstić information content (AvgIpc) is 2.01. The van der Waals surface area contributed by atoms with Gasteiger partial charge in [0.05, 0.1) is 3.57 Å². The average molecular weight is 270 g/mol. The molecule has 0 aliphatic carbocycles. The van der Waals surface area contributed by atoms with Crippen molar-refractivity contribution < 1.29 is 11.8 Å². The summed E-state index contributed by atoms with van der Waals surface area (Å²) in [5, 5.41) is 0. The van der Waals surface area contributed by atoms with E-state index >= 15 is 0 Å². The molecule has 0 atom stereocenters. The first-order valence-electron chi connectivity index (χ1n) is 2.88. The molecule has 0 bridgehead atoms. The van der Waals surface area contributed by atoms with Crippen molar-refractivity contribution in [3.05, 3.63) is 32.9 Å². The van der Waals surface area contributed by atoms with Crippen molar-refractivity contribution >= 4 is 21.2 Å². The lowest BCUT2D eigenvalue weighted by Gasteiger charge is -1.97. The van der Waals surface area contributed by atoms with Gasteiger partial charge in [-0.15, -0.1) is 0 Å². The second-order valence-electron chi connectivity index (χ2n) is 2.07. The molecule has 1 nitrogen and oxygen atoms in total. The number of benzene rings is 1. The molecule has 4 heteroatoms. The molecule has 0 aliphatic rings. The summed E-state index contributed by atoms with van der Waals surface area (Å²) in [6.45, 7) is 1.46. The van der Waals surface area contributed by atoms with Crippen LogP contribution in [0.2, 0.25) is 0 Å². The Kier molecular flexibility index (Phi) is 2.64. The third-order valence-electron chi connectivity index (χ3n) is 1.31. The van der Waals surface area contributed by atoms with E-state index < -0.39 is 32.8 Å². The molecule has 0 unspecified atom stereocenters. The fourth-order valence-corrected chi connectivity index (χ4v) is 1.44. The van der Waals surface area contributed by atoms with E-state index in [1.54, 1.807) is 0 Å². The van der Waals surface area contributed by atoms with Crippen molar-refractivity contribution in [3.63, 3.8) is 0 Å². The van der Waals surface area contributed by atoms with Crippen molar-refractivity contribution in [2.75, 3.05) is 0 Å². The van der Waals surface area contributed by atoms with E-state index in [0.29, 0.717) is 0 Å². The van der Waals surface area contributed by atoms with Gasteiger partial charge in [0.2, 0.25) is 0 Å². The highest BCUT2D eigenvalue weighted by Crippen LogP contribution is 2.19. The highest BCUT2D eigenvalue weighted by atomic mass is 127. The van der Waals surface area contributed by atoms with Crippen molar-refractivity contribution in [1.82, 2.24) is 0 Å². The smallest absolute Gasteiger partial charge is 0.185 e. The largest absolute Gasteiger partial charge is 0.265 e. The fourth-order valence-electron chi connectivity index (χ4n) is 0.682. The zero-order valence-electron chi connectivity index (χ0n) is 5.70. The van der Waals surface area contributed by atoms with Gasteiger partial charge >= 0.3 is 0 Å². The Morgan fingerprint density at radius 2 is 1.91 bits per heavy atom. The van der Waals surface area contributed by atoms with E-state index in [-0.39, 0.29) is 9.13 Å². The number of aryl methyl sites for hydroxylation is 1. The topological polar surface area (TPSA) is 17.1 Å². The van der Waals surface area contributed by atoms with E-state index in [9.17, 15) is 11.8 Å². The van der Waals surface area contributed by atoms with Gasteiger partial charge in [0, 0.05) is 0 Å². The lowest BCUT2D eigenvalue weighted by Crippen LogP contribution is -1.91. The first-order chi connectivity index (χ1) is 5.16. The first kappa shape index (κ1) is 8.70. The molecule has 0 N–H and O–H groups in total. The molecule has 1 rings (SSSR count). The number of rotatable bonds is 1. The van der Waals surface area contributed by atoms with Gasteiger partial charge in [-0.3, -0.25) is 3.07 Å². The van der Waals surface area contributed by atoms with Crippen LogP contribution in [0, 0.1) is 22.1 Å². The van der Waals surface area contributed by atoms with Crippen molar-refractivity contribution in [1.29, 1.82) is 0 Å². The third kappa shape index (κ3) is 1.61. The van der Waals surface area contributed by atoms with E-state index in [2.05, 4.69) is 0 Å². The molecular weight excluding hydrogens is 265 g/mol. The highest BCUT2D eigenvalue weighted by molar-refractivity contribution is 14.1. The molecule has 0 aromatic heterocycles. The summed E-state index contributed by atoms with van der Waals surface area (Å²) in [6, 6.07) is 2.78. The quantitative estimate of drug-likeness (QED) is 0.566. The van der Waals surface area contributed by atoms with Crippen molar-refractivity contribution in [2.24, 2.45) is 0 Å². The molecule has 0 radical (unpaired) electrons. The van der Waals surface area contributed by atoms with Gasteiger partial charge in [-0.1, -0.05) is 6.07 Å². The van der Waals surface area contributed by atoms with Gasteiger partial charge < -0.3 is 0 Å². The van der Waals surface area contributed by atoms with E-state index in [0.717, 1.165) is 0 Å². The minimum atomic E-state index is -1.61. The van der Waals surface area contributed by atoms with Gasteiger partial charge in [-0.25, -0.2) is 8.78 Å². The van der Waals surface area contributed by atoms with Gasteiger partial charge in [-0.2, -0.15) is 0 Å². The molecule has 0 saturated carbocycles. The fraction of sp³-hybridized carbons (Fsp3) is 0.143. The Hall–Kier alpha value is -0.390. The van der Waals surface area contributed by atoms with Crippen LogP contribution >= 0.6 is 21.2 Å². The zero-order chi connectivity index (χ0) is 8.43. The monoisotopic (exact) mass is 270 g/mol. The van der Waals surface area contributed by atoms with E-state index in [1.807, 2.05) is 0 Å². The predicted octanol–water partition coefficient (Wildman–Crippen LogP) is 2.76. The van der Waals surface area contributed by atoms with Crippen LogP contribution in [0.25, 0.3) is 0 Å². The van der Waals surface area contributed by atoms with Gasteiger partial charge in [0.1, 0.15) is 0 Å². The Morgan fingerprint density at radius 3 is 2.45 bits per heavy atom. The first-order valence-corrected chi connectivity index (χ1v) is 4.84. The molecule has 0 fully saturated rings. The third-order valence-corrected chi connectivity index (χ3v) is 2.62. The Morgan fingerprint density at radius 1 is 1.27 bits per heavy atom. The summed E-state index contributed by atoms with van der Waals surface area (Å²) in [5.41, 5.74) is 0.240. The molecule has 1 aromatic carbocycles. The van der Waals surface area contributed by atoms with E-state index in [4.69, 9.17) is 0 Å². The minimum Gasteiger partial charge on any atom is -0.265 e. The van der Waals surface area contributed by atoms with Crippen LogP contribution < -0.4 is 0 Å². The highest BCUT2D eigenvalue weighted by Gasteiger charge is 2.09. The molecule has 0 heterocycles. The summed E-state index contributed by atoms with van der Waals surface area (Å²) in [4.78, 5) is 0. The van der Waals surface area contributed by atoms with E-state index in [1.165, 1.54) is 19.1 Å². The molecule has 11 heavy (non-hydrogen) atoms. The Bertz CT molecular complexity index is 299. The second-order valence-corrected chi connectivity index (χ2v) is 3.67. The predicted molar refractivity (Wildman–Crippen MR) is 44.5 cm³/mol. The summed E-state index contributed by atoms with van der Waals surface area (Å²) in [7, 11) is 0. The van der Waals surface area contributed by atoms with Crippen molar-refractivity contribution in [2.45, 2.75) is 6.92 Å². The van der Waals surface area contributed by atoms with Crippen LogP contribution in [0.1, 0.15) is 5.56 Å². The number of halogens is 3. The maximum atomic E-state index is 12.7. The second kappa shape index (κ2) is 3.34. The normalized spacial score (nSPS) is 10.1. The summed E-state index contributed by atoms with van der Waals surface area (Å²) < 4.78 is 35.7. The van der Waals surface area contributed by atoms with Crippen LogP contribution in [0.3, 0.4) is 0 Å². The van der Waals surface area contributed by atoms with Crippen LogP contribution in [0.5, 0.6) is 0 Å². The standard InChI is InChI=1S/C7H5F2IO/c1-4-2-3-5(10-11)7(9)6(4)8/h2-3H,1H3. The lowest BCUT2D eigenvalue weighted by molar-refractivity contribution is 0.498. The molecule has 0 amide bonds. The van der Waals surface area contributed by atoms with Gasteiger partial charge in [0.25, 0.3) is 0 Å². The number of hydrogen-bond acceptors (Lipinski definition) is 1. The van der Waals surface area contributed by atoms with Crippen LogP contribution in [-0.4, -0.2) is 0 Å². The SMILES string of the molecule is Cc1ccc(I=O)c(F)c1F. The van der Waals surface area contributed by atoms with Crippen LogP contribution in [0.15, 0.2) is 12.1 Å². The maximum absolute atomic E-state index is 12.7. The van der Waals surface area contributed by atoms with Crippen molar-refractivity contribution in [3.8, 4) is 0 Å². The molecule has 60 valence electrons. The molecule has 0 aliphatic heterocycles. The van der Waals surface area contributed by atoms with Crippen LogP contribution in [-0.2, 0) is 3.07 Å². The summed E-state index contributed by atoms with van der Waals surface area (Å²) in [5.74, 6) is -1.86. The molecular formula is C7H5F2IO. The van der Waals surface area contributed by atoms with Crippen LogP contribution in [0.4, 0.5) is 8.78 Å².